The SMILES string of the molecule is O=S(=O)(Nc1cccc(CCl)c1)C1CCCCC1. The summed E-state index contributed by atoms with van der Waals surface area (Å²) >= 11 is 5.74. The molecule has 3 nitrogen and oxygen atoms in total. The molecule has 1 aromatic carbocycles. The average Bonchev–Trinajstić information content (AvgIpc) is 2.39. The van der Waals surface area contributed by atoms with Crippen LogP contribution in [0.3, 0.4) is 0 Å². The number of rotatable bonds is 4. The second-order valence-electron chi connectivity index (χ2n) is 4.74. The van der Waals surface area contributed by atoms with Gasteiger partial charge in [-0.2, -0.15) is 0 Å². The van der Waals surface area contributed by atoms with Crippen LogP contribution < -0.4 is 4.72 Å². The number of halogens is 1. The Balaban J connectivity index is 2.11. The number of hydrogen-bond donors (Lipinski definition) is 1. The predicted molar refractivity (Wildman–Crippen MR) is 75.4 cm³/mol. The third-order valence-electron chi connectivity index (χ3n) is 3.33. The molecule has 0 atom stereocenters. The first kappa shape index (κ1) is 13.7. The molecule has 1 N–H and O–H groups in total. The Labute approximate surface area is 114 Å². The third kappa shape index (κ3) is 3.39. The van der Waals surface area contributed by atoms with Crippen molar-refractivity contribution in [2.75, 3.05) is 4.72 Å². The maximum Gasteiger partial charge on any atom is 0.235 e. The van der Waals surface area contributed by atoms with Crippen LogP contribution in [0.2, 0.25) is 0 Å². The van der Waals surface area contributed by atoms with Crippen LogP contribution in [0, 0.1) is 0 Å². The molecule has 2 rings (SSSR count). The first-order valence-electron chi connectivity index (χ1n) is 6.28. The van der Waals surface area contributed by atoms with Crippen molar-refractivity contribution in [3.05, 3.63) is 29.8 Å². The minimum absolute atomic E-state index is 0.245. The molecule has 1 aliphatic carbocycles. The second-order valence-corrected chi connectivity index (χ2v) is 6.97. The molecule has 0 aliphatic heterocycles. The summed E-state index contributed by atoms with van der Waals surface area (Å²) < 4.78 is 27.1. The molecule has 0 bridgehead atoms. The van der Waals surface area contributed by atoms with Crippen molar-refractivity contribution in [3.63, 3.8) is 0 Å². The maximum absolute atomic E-state index is 12.2. The molecule has 0 aromatic heterocycles. The van der Waals surface area contributed by atoms with Crippen LogP contribution in [0.1, 0.15) is 37.7 Å². The molecule has 0 saturated heterocycles. The zero-order valence-electron chi connectivity index (χ0n) is 10.2. The zero-order chi connectivity index (χ0) is 13.0. The normalized spacial score (nSPS) is 17.6. The quantitative estimate of drug-likeness (QED) is 0.862. The topological polar surface area (TPSA) is 46.2 Å². The van der Waals surface area contributed by atoms with Crippen LogP contribution in [0.4, 0.5) is 5.69 Å². The highest BCUT2D eigenvalue weighted by Gasteiger charge is 2.27. The van der Waals surface area contributed by atoms with Gasteiger partial charge in [0.25, 0.3) is 0 Å². The van der Waals surface area contributed by atoms with E-state index in [-0.39, 0.29) is 5.25 Å². The Bertz CT molecular complexity index is 495. The Morgan fingerprint density at radius 3 is 2.61 bits per heavy atom. The first-order valence-corrected chi connectivity index (χ1v) is 8.36. The van der Waals surface area contributed by atoms with Crippen LogP contribution in [0.15, 0.2) is 24.3 Å². The largest absolute Gasteiger partial charge is 0.283 e. The van der Waals surface area contributed by atoms with Crippen LogP contribution in [-0.2, 0) is 15.9 Å². The smallest absolute Gasteiger partial charge is 0.235 e. The minimum atomic E-state index is -3.25. The van der Waals surface area contributed by atoms with Gasteiger partial charge < -0.3 is 0 Å². The van der Waals surface area contributed by atoms with Crippen molar-refractivity contribution in [3.8, 4) is 0 Å². The molecular weight excluding hydrogens is 270 g/mol. The number of nitrogens with one attached hydrogen (secondary N) is 1. The van der Waals surface area contributed by atoms with Gasteiger partial charge in [-0.1, -0.05) is 31.4 Å². The number of hydrogen-bond acceptors (Lipinski definition) is 2. The van der Waals surface area contributed by atoms with E-state index in [2.05, 4.69) is 4.72 Å². The van der Waals surface area contributed by atoms with Gasteiger partial charge in [0, 0.05) is 11.6 Å². The molecule has 1 aromatic rings. The van der Waals surface area contributed by atoms with E-state index in [0.717, 1.165) is 37.7 Å². The van der Waals surface area contributed by atoms with Crippen molar-refractivity contribution >= 4 is 27.3 Å². The van der Waals surface area contributed by atoms with Crippen molar-refractivity contribution in [1.29, 1.82) is 0 Å². The van der Waals surface area contributed by atoms with Crippen molar-refractivity contribution in [1.82, 2.24) is 0 Å². The summed E-state index contributed by atoms with van der Waals surface area (Å²) in [5.74, 6) is 0.388. The van der Waals surface area contributed by atoms with Gasteiger partial charge in [0.15, 0.2) is 0 Å². The lowest BCUT2D eigenvalue weighted by Crippen LogP contribution is -2.29. The predicted octanol–water partition coefficient (Wildman–Crippen LogP) is 3.50. The van der Waals surface area contributed by atoms with E-state index in [1.54, 1.807) is 12.1 Å². The van der Waals surface area contributed by atoms with E-state index >= 15 is 0 Å². The first-order chi connectivity index (χ1) is 8.62. The number of benzene rings is 1. The second kappa shape index (κ2) is 5.93. The highest BCUT2D eigenvalue weighted by atomic mass is 35.5. The molecule has 0 heterocycles. The van der Waals surface area contributed by atoms with E-state index in [1.807, 2.05) is 12.1 Å². The highest BCUT2D eigenvalue weighted by Crippen LogP contribution is 2.25. The number of alkyl halides is 1. The Morgan fingerprint density at radius 2 is 1.94 bits per heavy atom. The van der Waals surface area contributed by atoms with E-state index < -0.39 is 10.0 Å². The summed E-state index contributed by atoms with van der Waals surface area (Å²) in [5, 5.41) is -0.245. The average molecular weight is 288 g/mol. The summed E-state index contributed by atoms with van der Waals surface area (Å²) in [4.78, 5) is 0. The van der Waals surface area contributed by atoms with Crippen LogP contribution in [0.5, 0.6) is 0 Å². The zero-order valence-corrected chi connectivity index (χ0v) is 11.8. The van der Waals surface area contributed by atoms with Crippen molar-refractivity contribution < 1.29 is 8.42 Å². The summed E-state index contributed by atoms with van der Waals surface area (Å²) in [6.45, 7) is 0. The Morgan fingerprint density at radius 1 is 1.22 bits per heavy atom. The summed E-state index contributed by atoms with van der Waals surface area (Å²) in [6.07, 6.45) is 4.70. The molecule has 0 radical (unpaired) electrons. The molecule has 1 saturated carbocycles. The van der Waals surface area contributed by atoms with Gasteiger partial charge >= 0.3 is 0 Å². The lowest BCUT2D eigenvalue weighted by Gasteiger charge is -2.22. The van der Waals surface area contributed by atoms with E-state index in [0.29, 0.717) is 11.6 Å². The Kier molecular flexibility index (Phi) is 4.51. The van der Waals surface area contributed by atoms with Gasteiger partial charge in [-0.25, -0.2) is 8.42 Å². The molecule has 100 valence electrons. The van der Waals surface area contributed by atoms with Gasteiger partial charge in [-0.3, -0.25) is 4.72 Å². The third-order valence-corrected chi connectivity index (χ3v) is 5.51. The van der Waals surface area contributed by atoms with Crippen LogP contribution in [-0.4, -0.2) is 13.7 Å². The molecule has 0 amide bonds. The molecule has 18 heavy (non-hydrogen) atoms. The lowest BCUT2D eigenvalue weighted by molar-refractivity contribution is 0.486. The molecule has 0 unspecified atom stereocenters. The maximum atomic E-state index is 12.2. The van der Waals surface area contributed by atoms with Gasteiger partial charge in [0.1, 0.15) is 0 Å². The molecule has 1 aliphatic rings. The summed E-state index contributed by atoms with van der Waals surface area (Å²) in [5.41, 5.74) is 1.53. The number of anilines is 1. The summed E-state index contributed by atoms with van der Waals surface area (Å²) in [6, 6.07) is 7.24. The number of sulfonamides is 1. The molecule has 1 fully saturated rings. The van der Waals surface area contributed by atoms with Crippen molar-refractivity contribution in [2.24, 2.45) is 0 Å². The molecule has 5 heteroatoms. The van der Waals surface area contributed by atoms with E-state index in [9.17, 15) is 8.42 Å². The minimum Gasteiger partial charge on any atom is -0.283 e. The van der Waals surface area contributed by atoms with E-state index in [4.69, 9.17) is 11.6 Å². The van der Waals surface area contributed by atoms with Gasteiger partial charge in [0.2, 0.25) is 10.0 Å². The highest BCUT2D eigenvalue weighted by molar-refractivity contribution is 7.93. The monoisotopic (exact) mass is 287 g/mol. The standard InChI is InChI=1S/C13H18ClNO2S/c14-10-11-5-4-6-12(9-11)15-18(16,17)13-7-2-1-3-8-13/h4-6,9,13,15H,1-3,7-8,10H2. The van der Waals surface area contributed by atoms with Crippen molar-refractivity contribution in [2.45, 2.75) is 43.2 Å². The van der Waals surface area contributed by atoms with E-state index in [1.165, 1.54) is 0 Å². The molecular formula is C13H18ClNO2S. The fourth-order valence-corrected chi connectivity index (χ4v) is 4.08. The van der Waals surface area contributed by atoms with Gasteiger partial charge in [-0.15, -0.1) is 11.6 Å². The lowest BCUT2D eigenvalue weighted by atomic mass is 10.0. The fourth-order valence-electron chi connectivity index (χ4n) is 2.34. The summed E-state index contributed by atoms with van der Waals surface area (Å²) in [7, 11) is -3.25. The Hall–Kier alpha value is -0.740. The van der Waals surface area contributed by atoms with Crippen LogP contribution in [0.25, 0.3) is 0 Å². The molecule has 0 spiro atoms. The van der Waals surface area contributed by atoms with Gasteiger partial charge in [0.05, 0.1) is 5.25 Å². The van der Waals surface area contributed by atoms with Gasteiger partial charge in [-0.05, 0) is 30.5 Å². The van der Waals surface area contributed by atoms with Crippen LogP contribution >= 0.6 is 11.6 Å². The fraction of sp³-hybridized carbons (Fsp3) is 0.538.